The van der Waals surface area contributed by atoms with Crippen LogP contribution in [0.25, 0.3) is 0 Å². The van der Waals surface area contributed by atoms with Crippen LogP contribution in [0.15, 0.2) is 0 Å². The lowest BCUT2D eigenvalue weighted by atomic mass is 10.0. The van der Waals surface area contributed by atoms with Gasteiger partial charge in [-0.05, 0) is 19.3 Å². The monoisotopic (exact) mass is 413 g/mol. The smallest absolute Gasteiger partial charge is 0.106 e. The van der Waals surface area contributed by atoms with Gasteiger partial charge in [-0.3, -0.25) is 5.32 Å². The van der Waals surface area contributed by atoms with Crippen molar-refractivity contribution in [1.82, 2.24) is 5.32 Å². The van der Waals surface area contributed by atoms with E-state index in [1.165, 1.54) is 116 Å². The summed E-state index contributed by atoms with van der Waals surface area (Å²) in [4.78, 5) is 0. The first-order chi connectivity index (χ1) is 14.2. The standard InChI is InChI=1S/C26H55NO2/c1-3-5-6-7-8-9-10-11-12-13-14-15-16-17-18-19-20-21-22-24-26(29)27-25(28)23-4-2/h25-29H,3-24H2,1-2H3. The van der Waals surface area contributed by atoms with Crippen LogP contribution < -0.4 is 5.32 Å². The number of nitrogens with one attached hydrogen (secondary N) is 1. The molecule has 2 unspecified atom stereocenters. The van der Waals surface area contributed by atoms with Crippen molar-refractivity contribution in [3.63, 3.8) is 0 Å². The first-order valence-corrected chi connectivity index (χ1v) is 13.3. The summed E-state index contributed by atoms with van der Waals surface area (Å²) in [6, 6.07) is 0. The zero-order valence-corrected chi connectivity index (χ0v) is 20.1. The fourth-order valence-corrected chi connectivity index (χ4v) is 4.08. The molecule has 0 aromatic carbocycles. The first-order valence-electron chi connectivity index (χ1n) is 13.3. The molecule has 0 spiro atoms. The zero-order chi connectivity index (χ0) is 21.4. The summed E-state index contributed by atoms with van der Waals surface area (Å²) in [7, 11) is 0. The van der Waals surface area contributed by atoms with Crippen LogP contribution in [0.3, 0.4) is 0 Å². The topological polar surface area (TPSA) is 52.5 Å². The fourth-order valence-electron chi connectivity index (χ4n) is 4.08. The van der Waals surface area contributed by atoms with Gasteiger partial charge in [0.15, 0.2) is 0 Å². The fraction of sp³-hybridized carbons (Fsp3) is 1.00. The van der Waals surface area contributed by atoms with Crippen molar-refractivity contribution >= 4 is 0 Å². The molecule has 0 aliphatic heterocycles. The summed E-state index contributed by atoms with van der Waals surface area (Å²) >= 11 is 0. The predicted octanol–water partition coefficient (Wildman–Crippen LogP) is 7.83. The lowest BCUT2D eigenvalue weighted by molar-refractivity contribution is 0.0320. The van der Waals surface area contributed by atoms with Crippen molar-refractivity contribution in [2.45, 2.75) is 168 Å². The highest BCUT2D eigenvalue weighted by Gasteiger charge is 2.08. The van der Waals surface area contributed by atoms with E-state index in [1.54, 1.807) is 0 Å². The molecule has 0 saturated carbocycles. The Kier molecular flexibility index (Phi) is 24.1. The van der Waals surface area contributed by atoms with Crippen LogP contribution in [0.1, 0.15) is 155 Å². The minimum absolute atomic E-state index is 0.553. The van der Waals surface area contributed by atoms with Crippen LogP contribution >= 0.6 is 0 Å². The Labute approximate surface area is 183 Å². The van der Waals surface area contributed by atoms with E-state index in [0.29, 0.717) is 6.42 Å². The van der Waals surface area contributed by atoms with E-state index in [2.05, 4.69) is 12.2 Å². The second kappa shape index (κ2) is 24.2. The molecule has 3 heteroatoms. The van der Waals surface area contributed by atoms with E-state index < -0.39 is 12.5 Å². The summed E-state index contributed by atoms with van der Waals surface area (Å²) < 4.78 is 0. The van der Waals surface area contributed by atoms with E-state index in [1.807, 2.05) is 6.92 Å². The average Bonchev–Trinajstić information content (AvgIpc) is 2.70. The van der Waals surface area contributed by atoms with Crippen molar-refractivity contribution in [2.24, 2.45) is 0 Å². The van der Waals surface area contributed by atoms with Crippen molar-refractivity contribution in [3.8, 4) is 0 Å². The zero-order valence-electron chi connectivity index (χ0n) is 20.1. The molecule has 0 saturated heterocycles. The molecular formula is C26H55NO2. The van der Waals surface area contributed by atoms with E-state index in [4.69, 9.17) is 0 Å². The summed E-state index contributed by atoms with van der Waals surface area (Å²) in [5.74, 6) is 0. The van der Waals surface area contributed by atoms with Gasteiger partial charge >= 0.3 is 0 Å². The molecule has 29 heavy (non-hydrogen) atoms. The highest BCUT2D eigenvalue weighted by atomic mass is 16.3. The van der Waals surface area contributed by atoms with Gasteiger partial charge in [0.2, 0.25) is 0 Å². The number of rotatable bonds is 24. The largest absolute Gasteiger partial charge is 0.379 e. The second-order valence-electron chi connectivity index (χ2n) is 9.14. The van der Waals surface area contributed by atoms with Crippen LogP contribution in [0.4, 0.5) is 0 Å². The predicted molar refractivity (Wildman–Crippen MR) is 128 cm³/mol. The van der Waals surface area contributed by atoms with E-state index in [-0.39, 0.29) is 0 Å². The van der Waals surface area contributed by atoms with Gasteiger partial charge in [0, 0.05) is 0 Å². The molecule has 0 bridgehead atoms. The lowest BCUT2D eigenvalue weighted by Crippen LogP contribution is -2.37. The SMILES string of the molecule is CCCCCCCCCCCCCCCCCCCCCC(O)NC(O)CCC. The molecule has 0 fully saturated rings. The van der Waals surface area contributed by atoms with Crippen LogP contribution in [-0.4, -0.2) is 22.7 Å². The maximum absolute atomic E-state index is 9.82. The van der Waals surface area contributed by atoms with Crippen molar-refractivity contribution in [3.05, 3.63) is 0 Å². The third-order valence-electron chi connectivity index (χ3n) is 6.03. The molecule has 0 rings (SSSR count). The van der Waals surface area contributed by atoms with Gasteiger partial charge in [0.25, 0.3) is 0 Å². The molecule has 3 N–H and O–H groups in total. The Hall–Kier alpha value is -0.120. The molecule has 0 radical (unpaired) electrons. The average molecular weight is 414 g/mol. The van der Waals surface area contributed by atoms with Gasteiger partial charge in [0.05, 0.1) is 0 Å². The molecular weight excluding hydrogens is 358 g/mol. The van der Waals surface area contributed by atoms with E-state index in [9.17, 15) is 10.2 Å². The highest BCUT2D eigenvalue weighted by Crippen LogP contribution is 2.15. The van der Waals surface area contributed by atoms with Crippen molar-refractivity contribution in [2.75, 3.05) is 0 Å². The molecule has 0 aliphatic rings. The minimum Gasteiger partial charge on any atom is -0.379 e. The summed E-state index contributed by atoms with van der Waals surface area (Å²) in [6.45, 7) is 4.33. The molecule has 2 atom stereocenters. The highest BCUT2D eigenvalue weighted by molar-refractivity contribution is 4.58. The third-order valence-corrected chi connectivity index (χ3v) is 6.03. The second-order valence-corrected chi connectivity index (χ2v) is 9.14. The Balaban J connectivity index is 3.11. The van der Waals surface area contributed by atoms with Crippen molar-refractivity contribution in [1.29, 1.82) is 0 Å². The van der Waals surface area contributed by atoms with Crippen LogP contribution in [0, 0.1) is 0 Å². The van der Waals surface area contributed by atoms with E-state index >= 15 is 0 Å². The minimum atomic E-state index is -0.560. The number of unbranched alkanes of at least 4 members (excludes halogenated alkanes) is 18. The number of aliphatic hydroxyl groups is 2. The molecule has 0 aromatic rings. The molecule has 0 aliphatic carbocycles. The first kappa shape index (κ1) is 28.9. The Morgan fingerprint density at radius 3 is 1.07 bits per heavy atom. The Morgan fingerprint density at radius 1 is 0.414 bits per heavy atom. The van der Waals surface area contributed by atoms with Crippen LogP contribution in [0.5, 0.6) is 0 Å². The molecule has 176 valence electrons. The van der Waals surface area contributed by atoms with Crippen LogP contribution in [-0.2, 0) is 0 Å². The Morgan fingerprint density at radius 2 is 0.724 bits per heavy atom. The number of hydrogen-bond donors (Lipinski definition) is 3. The molecule has 0 amide bonds. The number of aliphatic hydroxyl groups excluding tert-OH is 2. The molecule has 3 nitrogen and oxygen atoms in total. The lowest BCUT2D eigenvalue weighted by Gasteiger charge is -2.17. The number of hydrogen-bond acceptors (Lipinski definition) is 3. The summed E-state index contributed by atoms with van der Waals surface area (Å²) in [5.41, 5.74) is 0. The summed E-state index contributed by atoms with van der Waals surface area (Å²) in [5, 5.41) is 22.3. The summed E-state index contributed by atoms with van der Waals surface area (Å²) in [6.07, 6.45) is 27.6. The van der Waals surface area contributed by atoms with E-state index in [0.717, 1.165) is 19.3 Å². The maximum atomic E-state index is 9.82. The molecule has 0 heterocycles. The quantitative estimate of drug-likeness (QED) is 0.112. The van der Waals surface area contributed by atoms with Gasteiger partial charge in [-0.1, -0.05) is 136 Å². The third kappa shape index (κ3) is 24.0. The maximum Gasteiger partial charge on any atom is 0.106 e. The van der Waals surface area contributed by atoms with Crippen molar-refractivity contribution < 1.29 is 10.2 Å². The van der Waals surface area contributed by atoms with Gasteiger partial charge in [0.1, 0.15) is 12.5 Å². The van der Waals surface area contributed by atoms with Crippen LogP contribution in [0.2, 0.25) is 0 Å². The van der Waals surface area contributed by atoms with Gasteiger partial charge in [-0.2, -0.15) is 0 Å². The normalized spacial score (nSPS) is 13.7. The Bertz CT molecular complexity index is 298. The van der Waals surface area contributed by atoms with Gasteiger partial charge < -0.3 is 10.2 Å². The van der Waals surface area contributed by atoms with Gasteiger partial charge in [-0.25, -0.2) is 0 Å². The molecule has 0 aromatic heterocycles. The van der Waals surface area contributed by atoms with Gasteiger partial charge in [-0.15, -0.1) is 0 Å².